The average molecular weight is 477 g/mol. The molecule has 9 heteroatoms. The SMILES string of the molecule is CCCCN(CCC)c1nc(N)nc([N+](C)(c2ccc(OC)c(Cl)c2)C2CCN(C)CC2)n1. The summed E-state index contributed by atoms with van der Waals surface area (Å²) < 4.78 is 5.82. The number of hydrogen-bond donors (Lipinski definition) is 1. The molecule has 0 aliphatic carbocycles. The van der Waals surface area contributed by atoms with Crippen molar-refractivity contribution >= 4 is 35.1 Å². The van der Waals surface area contributed by atoms with Crippen molar-refractivity contribution in [2.75, 3.05) is 58.0 Å². The fraction of sp³-hybridized carbons (Fsp3) is 0.625. The van der Waals surface area contributed by atoms with Crippen LogP contribution in [0.25, 0.3) is 0 Å². The maximum atomic E-state index is 6.57. The Morgan fingerprint density at radius 3 is 2.48 bits per heavy atom. The summed E-state index contributed by atoms with van der Waals surface area (Å²) in [5.74, 6) is 2.22. The number of benzene rings is 1. The predicted molar refractivity (Wildman–Crippen MR) is 138 cm³/mol. The van der Waals surface area contributed by atoms with Gasteiger partial charge in [0.15, 0.2) is 0 Å². The summed E-state index contributed by atoms with van der Waals surface area (Å²) in [5, 5.41) is 0.574. The third-order valence-corrected chi connectivity index (χ3v) is 6.99. The van der Waals surface area contributed by atoms with Crippen LogP contribution in [0.2, 0.25) is 5.02 Å². The first-order valence-corrected chi connectivity index (χ1v) is 12.4. The van der Waals surface area contributed by atoms with Gasteiger partial charge in [-0.05, 0) is 26.0 Å². The van der Waals surface area contributed by atoms with Gasteiger partial charge >= 0.3 is 5.95 Å². The van der Waals surface area contributed by atoms with Crippen molar-refractivity contribution in [3.8, 4) is 5.75 Å². The van der Waals surface area contributed by atoms with E-state index in [0.29, 0.717) is 27.2 Å². The molecule has 3 rings (SSSR count). The average Bonchev–Trinajstić information content (AvgIpc) is 2.81. The minimum Gasteiger partial charge on any atom is -0.495 e. The van der Waals surface area contributed by atoms with Gasteiger partial charge in [-0.25, -0.2) is 4.48 Å². The Balaban J connectivity index is 2.12. The van der Waals surface area contributed by atoms with Crippen molar-refractivity contribution in [1.82, 2.24) is 24.3 Å². The van der Waals surface area contributed by atoms with Crippen LogP contribution in [0, 0.1) is 0 Å². The van der Waals surface area contributed by atoms with E-state index >= 15 is 0 Å². The zero-order chi connectivity index (χ0) is 24.0. The van der Waals surface area contributed by atoms with E-state index in [9.17, 15) is 0 Å². The van der Waals surface area contributed by atoms with Crippen LogP contribution in [0.5, 0.6) is 5.75 Å². The van der Waals surface area contributed by atoms with Crippen LogP contribution in [0.15, 0.2) is 18.2 Å². The minimum absolute atomic E-state index is 0.254. The number of hydrogen-bond acceptors (Lipinski definition) is 7. The Morgan fingerprint density at radius 2 is 1.88 bits per heavy atom. The third-order valence-electron chi connectivity index (χ3n) is 6.69. The number of halogens is 1. The van der Waals surface area contributed by atoms with Crippen molar-refractivity contribution < 1.29 is 4.74 Å². The van der Waals surface area contributed by atoms with E-state index in [2.05, 4.69) is 53.8 Å². The number of unbranched alkanes of at least 4 members (excludes halogenated alkanes) is 1. The highest BCUT2D eigenvalue weighted by Gasteiger charge is 2.42. The molecule has 1 fully saturated rings. The summed E-state index contributed by atoms with van der Waals surface area (Å²) in [6, 6.07) is 6.23. The van der Waals surface area contributed by atoms with Crippen LogP contribution in [0.3, 0.4) is 0 Å². The van der Waals surface area contributed by atoms with Crippen molar-refractivity contribution in [1.29, 1.82) is 0 Å². The topological polar surface area (TPSA) is 80.4 Å². The number of likely N-dealkylation sites (tertiary alicyclic amines) is 1. The molecule has 1 aromatic carbocycles. The number of anilines is 2. The molecular formula is C24H39ClN7O+. The Bertz CT molecular complexity index is 920. The van der Waals surface area contributed by atoms with E-state index in [1.165, 1.54) is 0 Å². The lowest BCUT2D eigenvalue weighted by Gasteiger charge is -2.42. The van der Waals surface area contributed by atoms with E-state index in [1.54, 1.807) is 7.11 Å². The second-order valence-corrected chi connectivity index (χ2v) is 9.47. The van der Waals surface area contributed by atoms with Crippen LogP contribution in [0.1, 0.15) is 46.0 Å². The van der Waals surface area contributed by atoms with Crippen molar-refractivity contribution in [2.24, 2.45) is 0 Å². The van der Waals surface area contributed by atoms with Gasteiger partial charge in [-0.2, -0.15) is 4.98 Å². The number of nitrogen functional groups attached to an aromatic ring is 1. The second-order valence-electron chi connectivity index (χ2n) is 9.06. The van der Waals surface area contributed by atoms with Crippen LogP contribution in [-0.2, 0) is 0 Å². The first kappa shape index (κ1) is 25.5. The molecule has 2 aromatic rings. The maximum Gasteiger partial charge on any atom is 0.340 e. The molecule has 1 aromatic heterocycles. The highest BCUT2D eigenvalue weighted by Crippen LogP contribution is 2.40. The van der Waals surface area contributed by atoms with Gasteiger partial charge in [-0.15, -0.1) is 9.97 Å². The first-order valence-electron chi connectivity index (χ1n) is 12.0. The normalized spacial score (nSPS) is 17.0. The number of nitrogens with two attached hydrogens (primary N) is 1. The largest absolute Gasteiger partial charge is 0.495 e. The van der Waals surface area contributed by atoms with Crippen LogP contribution in [0.4, 0.5) is 23.5 Å². The molecule has 1 saturated heterocycles. The van der Waals surface area contributed by atoms with Gasteiger partial charge in [-0.1, -0.05) is 31.9 Å². The van der Waals surface area contributed by atoms with E-state index in [-0.39, 0.29) is 12.0 Å². The molecule has 33 heavy (non-hydrogen) atoms. The van der Waals surface area contributed by atoms with Gasteiger partial charge in [0.05, 0.1) is 19.2 Å². The van der Waals surface area contributed by atoms with Gasteiger partial charge in [0.25, 0.3) is 0 Å². The molecule has 1 aliphatic rings. The molecule has 0 amide bonds. The summed E-state index contributed by atoms with van der Waals surface area (Å²) in [4.78, 5) is 18.8. The Morgan fingerprint density at radius 1 is 1.15 bits per heavy atom. The zero-order valence-electron chi connectivity index (χ0n) is 20.7. The van der Waals surface area contributed by atoms with Crippen molar-refractivity contribution in [2.45, 2.75) is 52.0 Å². The quantitative estimate of drug-likeness (QED) is 0.506. The van der Waals surface area contributed by atoms with E-state index in [1.807, 2.05) is 12.1 Å². The number of methoxy groups -OCH3 is 1. The number of ether oxygens (including phenoxy) is 1. The van der Waals surface area contributed by atoms with E-state index in [0.717, 1.165) is 64.0 Å². The Kier molecular flexibility index (Phi) is 8.73. The van der Waals surface area contributed by atoms with E-state index in [4.69, 9.17) is 27.1 Å². The smallest absolute Gasteiger partial charge is 0.340 e. The monoisotopic (exact) mass is 476 g/mol. The molecule has 0 bridgehead atoms. The van der Waals surface area contributed by atoms with Gasteiger partial charge in [0.1, 0.15) is 17.5 Å². The maximum absolute atomic E-state index is 6.57. The molecule has 1 aliphatic heterocycles. The Labute approximate surface area is 203 Å². The molecule has 2 heterocycles. The number of piperidine rings is 1. The number of rotatable bonds is 10. The van der Waals surface area contributed by atoms with E-state index < -0.39 is 0 Å². The summed E-state index contributed by atoms with van der Waals surface area (Å²) in [5.41, 5.74) is 7.29. The van der Waals surface area contributed by atoms with Crippen LogP contribution < -0.4 is 19.9 Å². The van der Waals surface area contributed by atoms with Crippen LogP contribution >= 0.6 is 11.6 Å². The first-order chi connectivity index (χ1) is 15.8. The fourth-order valence-electron chi connectivity index (χ4n) is 4.59. The van der Waals surface area contributed by atoms with Gasteiger partial charge in [0.2, 0.25) is 11.9 Å². The molecule has 0 saturated carbocycles. The standard InChI is InChI=1S/C24H39ClN7O/c1-6-8-14-31(13-7-2)23-27-22(26)28-24(29-23)32(4,18-11-15-30(3)16-12-18)19-9-10-21(33-5)20(25)17-19/h9-10,17-18H,6-8,11-16H2,1-5H3,(H2,26,27,28,29)/q+1. The number of nitrogens with zero attached hydrogens (tertiary/aromatic N) is 6. The highest BCUT2D eigenvalue weighted by molar-refractivity contribution is 6.32. The third kappa shape index (κ3) is 5.67. The summed E-state index contributed by atoms with van der Waals surface area (Å²) in [6.07, 6.45) is 5.25. The van der Waals surface area contributed by atoms with Crippen molar-refractivity contribution in [3.05, 3.63) is 23.2 Å². The molecule has 2 N–H and O–H groups in total. The van der Waals surface area contributed by atoms with Crippen LogP contribution in [-0.4, -0.2) is 73.3 Å². The summed E-state index contributed by atoms with van der Waals surface area (Å²) in [6.45, 7) is 8.19. The lowest BCUT2D eigenvalue weighted by Crippen LogP contribution is -2.54. The highest BCUT2D eigenvalue weighted by atomic mass is 35.5. The summed E-state index contributed by atoms with van der Waals surface area (Å²) in [7, 11) is 5.96. The van der Waals surface area contributed by atoms with Gasteiger partial charge < -0.3 is 20.3 Å². The minimum atomic E-state index is 0.254. The second kappa shape index (κ2) is 11.3. The van der Waals surface area contributed by atoms with Crippen molar-refractivity contribution in [3.63, 3.8) is 0 Å². The van der Waals surface area contributed by atoms with Gasteiger partial charge in [-0.3, -0.25) is 0 Å². The molecule has 0 spiro atoms. The lowest BCUT2D eigenvalue weighted by molar-refractivity contribution is 0.180. The molecule has 182 valence electrons. The zero-order valence-corrected chi connectivity index (χ0v) is 21.5. The molecule has 1 unspecified atom stereocenters. The van der Waals surface area contributed by atoms with Gasteiger partial charge in [0, 0.05) is 51.2 Å². The number of quaternary nitrogens is 1. The summed E-state index contributed by atoms with van der Waals surface area (Å²) >= 11 is 6.57. The fourth-order valence-corrected chi connectivity index (χ4v) is 4.85. The lowest BCUT2D eigenvalue weighted by atomic mass is 10.00. The molecule has 8 nitrogen and oxygen atoms in total. The molecule has 1 atom stereocenters. The molecular weight excluding hydrogens is 438 g/mol. The molecule has 0 radical (unpaired) electrons. The predicted octanol–water partition coefficient (Wildman–Crippen LogP) is 4.50. The Hall–Kier alpha value is -2.16. The number of aromatic nitrogens is 3.